The van der Waals surface area contributed by atoms with Gasteiger partial charge < -0.3 is 15.4 Å². The van der Waals surface area contributed by atoms with Gasteiger partial charge in [-0.15, -0.1) is 0 Å². The van der Waals surface area contributed by atoms with Gasteiger partial charge >= 0.3 is 0 Å². The molecule has 164 valence electrons. The summed E-state index contributed by atoms with van der Waals surface area (Å²) in [6, 6.07) is 10.2. The third-order valence-electron chi connectivity index (χ3n) is 6.77. The second kappa shape index (κ2) is 8.34. The maximum Gasteiger partial charge on any atom is 0.267 e. The second-order valence-electron chi connectivity index (χ2n) is 8.76. The predicted octanol–water partition coefficient (Wildman–Crippen LogP) is 0.587. The van der Waals surface area contributed by atoms with Gasteiger partial charge in [-0.2, -0.15) is 0 Å². The number of nitrogens with one attached hydrogen (secondary N) is 3. The van der Waals surface area contributed by atoms with Gasteiger partial charge in [0.25, 0.3) is 5.56 Å². The Bertz CT molecular complexity index is 1190. The molecule has 0 bridgehead atoms. The van der Waals surface area contributed by atoms with Crippen molar-refractivity contribution < 1.29 is 4.74 Å². The summed E-state index contributed by atoms with van der Waals surface area (Å²) in [6.07, 6.45) is 5.14. The van der Waals surface area contributed by atoms with Gasteiger partial charge in [0.15, 0.2) is 0 Å². The molecule has 2 fully saturated rings. The van der Waals surface area contributed by atoms with Crippen LogP contribution in [-0.4, -0.2) is 34.9 Å². The molecule has 8 heteroatoms. The largest absolute Gasteiger partial charge is 0.381 e. The SMILES string of the molecule is Cn1c(=O)/c(=C(/NCC2CCOCC2)Nc2ccccc2)c(=N)n2c1=N[C@@H]1CCC[C@@H]12. The van der Waals surface area contributed by atoms with E-state index < -0.39 is 0 Å². The van der Waals surface area contributed by atoms with Crippen molar-refractivity contribution in [2.45, 2.75) is 44.2 Å². The number of aromatic nitrogens is 2. The van der Waals surface area contributed by atoms with Crippen LogP contribution in [0.1, 0.15) is 38.1 Å². The fraction of sp³-hybridized carbons (Fsp3) is 0.522. The summed E-state index contributed by atoms with van der Waals surface area (Å²) < 4.78 is 9.06. The van der Waals surface area contributed by atoms with E-state index in [1.165, 1.54) is 0 Å². The van der Waals surface area contributed by atoms with Crippen molar-refractivity contribution in [3.8, 4) is 0 Å². The molecule has 2 atom stereocenters. The van der Waals surface area contributed by atoms with Gasteiger partial charge in [0, 0.05) is 32.5 Å². The number of ether oxygens (including phenoxy) is 1. The van der Waals surface area contributed by atoms with Crippen LogP contribution in [0.5, 0.6) is 0 Å². The Kier molecular flexibility index (Phi) is 5.40. The molecule has 0 radical (unpaired) electrons. The average Bonchev–Trinajstić information content (AvgIpc) is 3.39. The third-order valence-corrected chi connectivity index (χ3v) is 6.77. The third kappa shape index (κ3) is 3.69. The van der Waals surface area contributed by atoms with E-state index >= 15 is 0 Å². The maximum absolute atomic E-state index is 13.4. The Morgan fingerprint density at radius 1 is 1.19 bits per heavy atom. The Hall–Kier alpha value is -2.87. The minimum atomic E-state index is -0.196. The quantitative estimate of drug-likeness (QED) is 0.657. The number of rotatable bonds is 5. The molecule has 1 aliphatic carbocycles. The van der Waals surface area contributed by atoms with Gasteiger partial charge in [0.2, 0.25) is 5.62 Å². The summed E-state index contributed by atoms with van der Waals surface area (Å²) >= 11 is 0. The van der Waals surface area contributed by atoms with Crippen LogP contribution in [0.3, 0.4) is 0 Å². The molecule has 3 N–H and O–H groups in total. The summed E-state index contributed by atoms with van der Waals surface area (Å²) in [4.78, 5) is 18.2. The van der Waals surface area contributed by atoms with Crippen molar-refractivity contribution in [3.05, 3.63) is 57.0 Å². The number of fused-ring (bicyclic) bond motifs is 3. The van der Waals surface area contributed by atoms with Crippen LogP contribution in [0.15, 0.2) is 40.1 Å². The van der Waals surface area contributed by atoms with Gasteiger partial charge in [-0.05, 0) is 50.2 Å². The van der Waals surface area contributed by atoms with Crippen molar-refractivity contribution in [1.29, 1.82) is 5.41 Å². The molecule has 1 saturated heterocycles. The van der Waals surface area contributed by atoms with Crippen LogP contribution in [0.4, 0.5) is 5.69 Å². The van der Waals surface area contributed by atoms with E-state index in [0.29, 0.717) is 22.6 Å². The highest BCUT2D eigenvalue weighted by Crippen LogP contribution is 2.32. The van der Waals surface area contributed by atoms with Crippen molar-refractivity contribution in [3.63, 3.8) is 0 Å². The van der Waals surface area contributed by atoms with E-state index in [4.69, 9.17) is 15.1 Å². The van der Waals surface area contributed by atoms with Crippen molar-refractivity contribution in [2.75, 3.05) is 25.1 Å². The molecular weight excluding hydrogens is 392 g/mol. The zero-order chi connectivity index (χ0) is 21.4. The summed E-state index contributed by atoms with van der Waals surface area (Å²) in [5.74, 6) is 1.08. The summed E-state index contributed by atoms with van der Waals surface area (Å²) in [6.45, 7) is 2.29. The molecule has 2 aliphatic heterocycles. The summed E-state index contributed by atoms with van der Waals surface area (Å²) in [7, 11) is 1.76. The maximum atomic E-state index is 13.4. The molecule has 0 spiro atoms. The lowest BCUT2D eigenvalue weighted by molar-refractivity contribution is 0.0674. The van der Waals surface area contributed by atoms with Gasteiger partial charge in [0.1, 0.15) is 16.5 Å². The molecule has 3 aliphatic rings. The second-order valence-corrected chi connectivity index (χ2v) is 8.76. The minimum absolute atomic E-state index is 0.182. The first-order valence-electron chi connectivity index (χ1n) is 11.3. The molecule has 8 nitrogen and oxygen atoms in total. The lowest BCUT2D eigenvalue weighted by Gasteiger charge is -2.24. The summed E-state index contributed by atoms with van der Waals surface area (Å²) in [5.41, 5.74) is 1.55. The number of nitrogens with zero attached hydrogens (tertiary/aromatic N) is 3. The normalized spacial score (nSPS) is 23.6. The molecule has 1 aromatic carbocycles. The van der Waals surface area contributed by atoms with Crippen LogP contribution in [0, 0.1) is 11.3 Å². The predicted molar refractivity (Wildman–Crippen MR) is 118 cm³/mol. The van der Waals surface area contributed by atoms with Crippen molar-refractivity contribution in [1.82, 2.24) is 14.5 Å². The van der Waals surface area contributed by atoms with Gasteiger partial charge in [-0.1, -0.05) is 18.2 Å². The molecule has 5 rings (SSSR count). The van der Waals surface area contributed by atoms with E-state index in [1.807, 2.05) is 34.9 Å². The molecule has 1 aromatic heterocycles. The Balaban J connectivity index is 1.63. The van der Waals surface area contributed by atoms with Crippen LogP contribution >= 0.6 is 0 Å². The fourth-order valence-electron chi connectivity index (χ4n) is 5.01. The van der Waals surface area contributed by atoms with E-state index in [-0.39, 0.29) is 23.1 Å². The van der Waals surface area contributed by atoms with Crippen LogP contribution in [-0.2, 0) is 11.8 Å². The standard InChI is InChI=1S/C23H30N6O2/c1-28-22(30)19(20(24)29-18-9-5-8-17(18)27-23(28)29)21(26-16-6-3-2-4-7-16)25-14-15-10-12-31-13-11-15/h2-4,6-7,15,17-18,24-26H,5,8-14H2,1H3/b21-19-,24-20?/t17-,18+/m1/s1. The molecule has 0 amide bonds. The first-order chi connectivity index (χ1) is 15.1. The van der Waals surface area contributed by atoms with Gasteiger partial charge in [0.05, 0.1) is 12.1 Å². The van der Waals surface area contributed by atoms with Crippen molar-refractivity contribution >= 4 is 11.5 Å². The van der Waals surface area contributed by atoms with E-state index in [9.17, 15) is 4.79 Å². The topological polar surface area (TPSA) is 96.4 Å². The summed E-state index contributed by atoms with van der Waals surface area (Å²) in [5, 5.41) is 16.3. The van der Waals surface area contributed by atoms with Crippen molar-refractivity contribution in [2.24, 2.45) is 18.0 Å². The number of anilines is 1. The van der Waals surface area contributed by atoms with E-state index in [0.717, 1.165) is 57.6 Å². The van der Waals surface area contributed by atoms with E-state index in [1.54, 1.807) is 11.6 Å². The smallest absolute Gasteiger partial charge is 0.267 e. The minimum Gasteiger partial charge on any atom is -0.381 e. The highest BCUT2D eigenvalue weighted by molar-refractivity contribution is 5.62. The number of hydrogen-bond acceptors (Lipinski definition) is 6. The molecular formula is C23H30N6O2. The van der Waals surface area contributed by atoms with Crippen LogP contribution in [0.25, 0.3) is 5.82 Å². The van der Waals surface area contributed by atoms with Gasteiger partial charge in [-0.25, -0.2) is 4.99 Å². The fourth-order valence-corrected chi connectivity index (χ4v) is 5.01. The molecule has 0 unspecified atom stereocenters. The molecule has 1 saturated carbocycles. The zero-order valence-corrected chi connectivity index (χ0v) is 17.9. The lowest BCUT2D eigenvalue weighted by Crippen LogP contribution is -2.59. The van der Waals surface area contributed by atoms with E-state index in [2.05, 4.69) is 10.6 Å². The lowest BCUT2D eigenvalue weighted by atomic mass is 10.0. The monoisotopic (exact) mass is 422 g/mol. The zero-order valence-electron chi connectivity index (χ0n) is 17.9. The van der Waals surface area contributed by atoms with Crippen LogP contribution < -0.4 is 32.5 Å². The highest BCUT2D eigenvalue weighted by atomic mass is 16.5. The Morgan fingerprint density at radius 3 is 2.74 bits per heavy atom. The highest BCUT2D eigenvalue weighted by Gasteiger charge is 2.35. The molecule has 2 aromatic rings. The molecule has 31 heavy (non-hydrogen) atoms. The Morgan fingerprint density at radius 2 is 1.97 bits per heavy atom. The first kappa shape index (κ1) is 20.1. The molecule has 3 heterocycles. The number of benzene rings is 1. The first-order valence-corrected chi connectivity index (χ1v) is 11.3. The average molecular weight is 423 g/mol. The Labute approximate surface area is 180 Å². The van der Waals surface area contributed by atoms with Gasteiger partial charge in [-0.3, -0.25) is 19.3 Å². The number of hydrogen-bond donors (Lipinski definition) is 3. The number of para-hydroxylation sites is 1. The van der Waals surface area contributed by atoms with Crippen LogP contribution in [0.2, 0.25) is 0 Å².